The second-order valence-corrected chi connectivity index (χ2v) is 16.5. The van der Waals surface area contributed by atoms with Gasteiger partial charge in [0.25, 0.3) is 0 Å². The molecule has 6 heteroatoms. The van der Waals surface area contributed by atoms with E-state index in [-0.39, 0.29) is 24.1 Å². The van der Waals surface area contributed by atoms with E-state index in [1.54, 1.807) is 24.3 Å². The molecule has 0 atom stereocenters. The molecular formula is C41H37O5P. The van der Waals surface area contributed by atoms with Gasteiger partial charge >= 0.3 is 276 Å². The Morgan fingerprint density at radius 1 is 0.553 bits per heavy atom. The first-order chi connectivity index (χ1) is 22.7. The summed E-state index contributed by atoms with van der Waals surface area (Å²) >= 11 is 0. The molecule has 0 saturated carbocycles. The zero-order valence-corrected chi connectivity index (χ0v) is 27.0. The molecule has 0 fully saturated rings. The van der Waals surface area contributed by atoms with Crippen LogP contribution < -0.4 is 20.4 Å². The second kappa shape index (κ2) is 12.8. The Kier molecular flexibility index (Phi) is 8.60. The Bertz CT molecular complexity index is 1800. The van der Waals surface area contributed by atoms with Gasteiger partial charge in [-0.05, 0) is 0 Å². The van der Waals surface area contributed by atoms with Gasteiger partial charge in [0.1, 0.15) is 0 Å². The van der Waals surface area contributed by atoms with E-state index in [9.17, 15) is 20.1 Å². The van der Waals surface area contributed by atoms with Crippen molar-refractivity contribution in [3.63, 3.8) is 0 Å². The van der Waals surface area contributed by atoms with Gasteiger partial charge in [0.15, 0.2) is 0 Å². The van der Waals surface area contributed by atoms with Crippen molar-refractivity contribution in [2.45, 2.75) is 18.8 Å². The molecule has 0 aromatic heterocycles. The van der Waals surface area contributed by atoms with Gasteiger partial charge in [0, 0.05) is 0 Å². The number of rotatable bonds is 11. The number of phenolic OH excluding ortho intramolecular Hbond substituents is 2. The maximum atomic E-state index is 12.3. The summed E-state index contributed by atoms with van der Waals surface area (Å²) in [6.07, 6.45) is 0.174. The molecule has 0 aliphatic heterocycles. The third-order valence-corrected chi connectivity index (χ3v) is 15.1. The minimum atomic E-state index is -3.95. The summed E-state index contributed by atoms with van der Waals surface area (Å²) in [6.45, 7) is -1.83. The topological polar surface area (TPSA) is 87.0 Å². The third-order valence-electron chi connectivity index (χ3n) is 9.29. The van der Waals surface area contributed by atoms with E-state index in [2.05, 4.69) is 43.3 Å². The van der Waals surface area contributed by atoms with Crippen LogP contribution in [0.4, 0.5) is 0 Å². The Balaban J connectivity index is 1.57. The number of carbonyl (C=O) groups is 1. The fourth-order valence-corrected chi connectivity index (χ4v) is 12.4. The van der Waals surface area contributed by atoms with Crippen LogP contribution in [0.2, 0.25) is 0 Å². The van der Waals surface area contributed by atoms with Crippen molar-refractivity contribution < 1.29 is 24.6 Å². The third kappa shape index (κ3) is 5.64. The zero-order valence-electron chi connectivity index (χ0n) is 26.1. The van der Waals surface area contributed by atoms with Gasteiger partial charge in [-0.25, -0.2) is 0 Å². The molecule has 0 unspecified atom stereocenters. The fourth-order valence-electron chi connectivity index (χ4n) is 6.75. The van der Waals surface area contributed by atoms with Gasteiger partial charge in [0.2, 0.25) is 0 Å². The van der Waals surface area contributed by atoms with Gasteiger partial charge in [-0.1, -0.05) is 0 Å². The maximum absolute atomic E-state index is 12.3. The zero-order chi connectivity index (χ0) is 32.9. The average Bonchev–Trinajstić information content (AvgIpc) is 3.12. The summed E-state index contributed by atoms with van der Waals surface area (Å²) in [5.41, 5.74) is 2.28. The van der Waals surface area contributed by atoms with Crippen LogP contribution in [0, 0.1) is 0 Å². The average molecular weight is 641 g/mol. The van der Waals surface area contributed by atoms with E-state index in [0.717, 1.165) is 32.6 Å². The normalized spacial score (nSPS) is 12.5. The summed E-state index contributed by atoms with van der Waals surface area (Å²) in [4.78, 5) is 12.3. The summed E-state index contributed by atoms with van der Waals surface area (Å²) in [5, 5.41) is 33.0. The quantitative estimate of drug-likeness (QED) is 0.0996. The van der Waals surface area contributed by atoms with Gasteiger partial charge in [-0.3, -0.25) is 0 Å². The van der Waals surface area contributed by atoms with Crippen molar-refractivity contribution in [1.82, 2.24) is 0 Å². The molecule has 3 N–H and O–H groups in total. The summed E-state index contributed by atoms with van der Waals surface area (Å²) in [5.74, 6) is 0.0910. The van der Waals surface area contributed by atoms with Crippen molar-refractivity contribution in [3.05, 3.63) is 180 Å². The molecule has 0 amide bonds. The van der Waals surface area contributed by atoms with E-state index in [1.807, 2.05) is 103 Å². The van der Waals surface area contributed by atoms with E-state index in [4.69, 9.17) is 4.52 Å². The Morgan fingerprint density at radius 3 is 1.23 bits per heavy atom. The SMILES string of the molecule is CC(c1ccc(O)cc1)(c1ccc(O)cc1)c1ccc(OP(CCC(=O)O)(c2ccccc2)(c2ccccc2)c2ccccc2)cc1. The molecule has 47 heavy (non-hydrogen) atoms. The molecule has 0 radical (unpaired) electrons. The predicted octanol–water partition coefficient (Wildman–Crippen LogP) is 7.75. The van der Waals surface area contributed by atoms with E-state index < -0.39 is 18.2 Å². The van der Waals surface area contributed by atoms with Crippen LogP contribution in [0.1, 0.15) is 30.0 Å². The number of carboxylic acids is 1. The predicted molar refractivity (Wildman–Crippen MR) is 191 cm³/mol. The summed E-state index contributed by atoms with van der Waals surface area (Å²) in [6, 6.07) is 52.5. The van der Waals surface area contributed by atoms with Crippen molar-refractivity contribution in [2.24, 2.45) is 0 Å². The minimum absolute atomic E-state index is 0.0889. The first-order valence-electron chi connectivity index (χ1n) is 15.5. The van der Waals surface area contributed by atoms with Crippen LogP contribution in [0.5, 0.6) is 17.2 Å². The van der Waals surface area contributed by atoms with Gasteiger partial charge in [-0.15, -0.1) is 0 Å². The molecule has 236 valence electrons. The Morgan fingerprint density at radius 2 is 0.894 bits per heavy atom. The van der Waals surface area contributed by atoms with Crippen molar-refractivity contribution in [3.8, 4) is 17.2 Å². The molecule has 0 bridgehead atoms. The van der Waals surface area contributed by atoms with E-state index >= 15 is 0 Å². The second-order valence-electron chi connectivity index (χ2n) is 11.9. The molecule has 0 heterocycles. The van der Waals surface area contributed by atoms with E-state index in [1.165, 1.54) is 0 Å². The number of hydrogen-bond acceptors (Lipinski definition) is 4. The molecule has 0 aliphatic rings. The number of benzene rings is 6. The summed E-state index contributed by atoms with van der Waals surface area (Å²) in [7, 11) is 0. The Hall–Kier alpha value is -5.38. The van der Waals surface area contributed by atoms with Crippen LogP contribution in [-0.4, -0.2) is 27.5 Å². The fraction of sp³-hybridized carbons (Fsp3) is 0.0976. The van der Waals surface area contributed by atoms with Crippen LogP contribution in [-0.2, 0) is 10.2 Å². The number of aromatic hydroxyl groups is 2. The van der Waals surface area contributed by atoms with Gasteiger partial charge < -0.3 is 0 Å². The molecule has 0 saturated heterocycles. The number of hydrogen-bond donors (Lipinski definition) is 3. The van der Waals surface area contributed by atoms with Crippen molar-refractivity contribution in [1.29, 1.82) is 0 Å². The summed E-state index contributed by atoms with van der Waals surface area (Å²) < 4.78 is 7.51. The molecule has 6 aromatic carbocycles. The van der Waals surface area contributed by atoms with Gasteiger partial charge in [-0.2, -0.15) is 0 Å². The molecule has 5 nitrogen and oxygen atoms in total. The molecule has 0 spiro atoms. The van der Waals surface area contributed by atoms with Crippen LogP contribution in [0.3, 0.4) is 0 Å². The molecule has 0 aliphatic carbocycles. The number of phenols is 2. The van der Waals surface area contributed by atoms with Crippen molar-refractivity contribution >= 4 is 28.7 Å². The van der Waals surface area contributed by atoms with Crippen LogP contribution >= 0.6 is 6.83 Å². The number of aliphatic carboxylic acids is 1. The van der Waals surface area contributed by atoms with Crippen molar-refractivity contribution in [2.75, 3.05) is 6.16 Å². The first kappa shape index (κ1) is 31.6. The first-order valence-corrected chi connectivity index (χ1v) is 17.9. The molecule has 6 rings (SSSR count). The van der Waals surface area contributed by atoms with Gasteiger partial charge in [0.05, 0.1) is 0 Å². The van der Waals surface area contributed by atoms with Crippen LogP contribution in [0.25, 0.3) is 0 Å². The van der Waals surface area contributed by atoms with Crippen LogP contribution in [0.15, 0.2) is 164 Å². The standard InChI is InChI=1S/C41H37O5P/c1-41(31-17-23-34(42)24-18-31,32-19-25-35(43)26-20-32)33-21-27-36(28-22-33)46-47(30-29-40(44)45,37-11-5-2-6-12-37,38-13-7-3-8-14-38)39-15-9-4-10-16-39/h2-28,42-43H,29-30H2,1H3,(H,44,45). The molecular weight excluding hydrogens is 603 g/mol. The monoisotopic (exact) mass is 640 g/mol. The Labute approximate surface area is 275 Å². The number of carboxylic acid groups (broad SMARTS) is 1. The molecule has 6 aromatic rings. The van der Waals surface area contributed by atoms with E-state index in [0.29, 0.717) is 5.75 Å².